The molecule has 0 bridgehead atoms. The molecule has 0 spiro atoms. The minimum atomic E-state index is -1.93. The number of rotatable bonds is 9. The van der Waals surface area contributed by atoms with E-state index in [2.05, 4.69) is 0 Å². The highest BCUT2D eigenvalue weighted by Crippen LogP contribution is 2.16. The maximum atomic E-state index is 13.7. The Labute approximate surface area is 153 Å². The molecule has 2 N–H and O–H groups in total. The van der Waals surface area contributed by atoms with Gasteiger partial charge in [0, 0.05) is 0 Å². The lowest BCUT2D eigenvalue weighted by molar-refractivity contribution is -0.159. The molecule has 0 aliphatic rings. The van der Waals surface area contributed by atoms with Gasteiger partial charge in [0.25, 0.3) is 5.91 Å². The summed E-state index contributed by atoms with van der Waals surface area (Å²) in [7, 11) is 0. The fraction of sp³-hybridized carbons (Fsp3) is 0.412. The molecule has 0 radical (unpaired) electrons. The van der Waals surface area contributed by atoms with E-state index in [4.69, 9.17) is 9.47 Å². The first-order valence-electron chi connectivity index (χ1n) is 8.02. The number of carbonyl (C=O) groups excluding carboxylic acids is 3. The van der Waals surface area contributed by atoms with E-state index >= 15 is 0 Å². The molecule has 1 aromatic carbocycles. The van der Waals surface area contributed by atoms with E-state index in [0.717, 1.165) is 18.2 Å². The van der Waals surface area contributed by atoms with Crippen LogP contribution in [0.25, 0.3) is 0 Å². The van der Waals surface area contributed by atoms with Crippen molar-refractivity contribution in [2.75, 3.05) is 13.2 Å². The summed E-state index contributed by atoms with van der Waals surface area (Å²) < 4.78 is 36.5. The number of amides is 1. The lowest BCUT2D eigenvalue weighted by Gasteiger charge is -2.23. The van der Waals surface area contributed by atoms with Gasteiger partial charge in [-0.25, -0.2) is 13.6 Å². The summed E-state index contributed by atoms with van der Waals surface area (Å²) in [6.07, 6.45) is -0.685. The van der Waals surface area contributed by atoms with Crippen LogP contribution in [-0.4, -0.2) is 48.2 Å². The zero-order valence-electron chi connectivity index (χ0n) is 14.7. The number of aliphatic carboxylic acids is 1. The number of nitrogens with one attached hydrogen (secondary N) is 1. The monoisotopic (exact) mass is 387 g/mol. The van der Waals surface area contributed by atoms with Crippen LogP contribution in [0.5, 0.6) is 0 Å². The second-order valence-corrected chi connectivity index (χ2v) is 5.26. The van der Waals surface area contributed by atoms with E-state index < -0.39 is 59.4 Å². The van der Waals surface area contributed by atoms with E-state index in [1.165, 1.54) is 13.8 Å². The van der Waals surface area contributed by atoms with Gasteiger partial charge >= 0.3 is 17.9 Å². The summed E-state index contributed by atoms with van der Waals surface area (Å²) in [5.74, 6) is -9.27. The fourth-order valence-corrected chi connectivity index (χ4v) is 2.22. The minimum Gasteiger partial charge on any atom is -0.480 e. The van der Waals surface area contributed by atoms with Crippen molar-refractivity contribution in [1.82, 2.24) is 5.32 Å². The molecule has 27 heavy (non-hydrogen) atoms. The van der Waals surface area contributed by atoms with Crippen molar-refractivity contribution in [2.45, 2.75) is 26.3 Å². The molecular weight excluding hydrogens is 368 g/mol. The van der Waals surface area contributed by atoms with Gasteiger partial charge in [0.1, 0.15) is 6.04 Å². The zero-order valence-corrected chi connectivity index (χ0v) is 14.7. The number of carboxylic acid groups (broad SMARTS) is 1. The van der Waals surface area contributed by atoms with Crippen molar-refractivity contribution in [3.8, 4) is 0 Å². The molecule has 1 amide bonds. The number of hydrogen-bond donors (Lipinski definition) is 2. The van der Waals surface area contributed by atoms with Gasteiger partial charge in [-0.3, -0.25) is 14.4 Å². The first kappa shape index (κ1) is 22.0. The van der Waals surface area contributed by atoms with Crippen molar-refractivity contribution >= 4 is 23.8 Å². The van der Waals surface area contributed by atoms with E-state index in [9.17, 15) is 33.1 Å². The molecule has 10 heteroatoms. The second kappa shape index (κ2) is 10.2. The summed E-state index contributed by atoms with van der Waals surface area (Å²) in [6.45, 7) is 2.88. The van der Waals surface area contributed by atoms with E-state index in [1.807, 2.05) is 5.32 Å². The number of esters is 2. The Morgan fingerprint density at radius 1 is 1.11 bits per heavy atom. The predicted molar refractivity (Wildman–Crippen MR) is 86.6 cm³/mol. The molecule has 0 aliphatic carbocycles. The van der Waals surface area contributed by atoms with Gasteiger partial charge in [0.15, 0.2) is 11.6 Å². The molecule has 0 unspecified atom stereocenters. The highest BCUT2D eigenvalue weighted by Gasteiger charge is 2.38. The molecule has 0 aromatic heterocycles. The van der Waals surface area contributed by atoms with Gasteiger partial charge in [0.05, 0.1) is 31.1 Å². The van der Waals surface area contributed by atoms with Gasteiger partial charge in [-0.2, -0.15) is 0 Å². The SMILES string of the molecule is CCOC(=O)C[C@@H](C(=O)OCC)[C@@H](NC(=O)c1cccc(F)c1F)C(=O)O. The van der Waals surface area contributed by atoms with Crippen LogP contribution >= 0.6 is 0 Å². The number of halogens is 2. The van der Waals surface area contributed by atoms with Crippen LogP contribution in [0.1, 0.15) is 30.6 Å². The molecule has 148 valence electrons. The first-order chi connectivity index (χ1) is 12.7. The Balaban J connectivity index is 3.14. The largest absolute Gasteiger partial charge is 0.480 e. The highest BCUT2D eigenvalue weighted by atomic mass is 19.2. The molecule has 1 rings (SSSR count). The Kier molecular flexibility index (Phi) is 8.31. The summed E-state index contributed by atoms with van der Waals surface area (Å²) in [5, 5.41) is 11.3. The molecule has 8 nitrogen and oxygen atoms in total. The Morgan fingerprint density at radius 2 is 1.74 bits per heavy atom. The third-order valence-corrected chi connectivity index (χ3v) is 3.43. The van der Waals surface area contributed by atoms with Gasteiger partial charge in [-0.1, -0.05) is 6.07 Å². The maximum absolute atomic E-state index is 13.7. The molecule has 0 fully saturated rings. The zero-order chi connectivity index (χ0) is 20.6. The molecule has 0 saturated carbocycles. The average molecular weight is 387 g/mol. The topological polar surface area (TPSA) is 119 Å². The maximum Gasteiger partial charge on any atom is 0.327 e. The quantitative estimate of drug-likeness (QED) is 0.613. The smallest absolute Gasteiger partial charge is 0.327 e. The molecular formula is C17H19F2NO7. The van der Waals surface area contributed by atoms with Crippen LogP contribution in [0, 0.1) is 17.6 Å². The highest BCUT2D eigenvalue weighted by molar-refractivity contribution is 5.98. The summed E-state index contributed by atoms with van der Waals surface area (Å²) in [6, 6.07) is 0.855. The van der Waals surface area contributed by atoms with E-state index in [-0.39, 0.29) is 13.2 Å². The molecule has 0 saturated heterocycles. The molecule has 1 aromatic rings. The van der Waals surface area contributed by atoms with Crippen LogP contribution in [0.3, 0.4) is 0 Å². The second-order valence-electron chi connectivity index (χ2n) is 5.26. The Morgan fingerprint density at radius 3 is 2.30 bits per heavy atom. The van der Waals surface area contributed by atoms with Crippen molar-refractivity contribution in [2.24, 2.45) is 5.92 Å². The number of carbonyl (C=O) groups is 4. The third kappa shape index (κ3) is 6.01. The van der Waals surface area contributed by atoms with Gasteiger partial charge in [0.2, 0.25) is 0 Å². The van der Waals surface area contributed by atoms with Crippen LogP contribution < -0.4 is 5.32 Å². The third-order valence-electron chi connectivity index (χ3n) is 3.43. The summed E-state index contributed by atoms with van der Waals surface area (Å²) in [5.41, 5.74) is -0.750. The van der Waals surface area contributed by atoms with Crippen molar-refractivity contribution < 1.29 is 42.5 Å². The van der Waals surface area contributed by atoms with Crippen LogP contribution in [0.4, 0.5) is 8.78 Å². The van der Waals surface area contributed by atoms with Crippen molar-refractivity contribution in [3.05, 3.63) is 35.4 Å². The number of carboxylic acids is 1. The predicted octanol–water partition coefficient (Wildman–Crippen LogP) is 1.28. The van der Waals surface area contributed by atoms with Gasteiger partial charge in [-0.15, -0.1) is 0 Å². The van der Waals surface area contributed by atoms with Gasteiger partial charge in [-0.05, 0) is 26.0 Å². The van der Waals surface area contributed by atoms with E-state index in [1.54, 1.807) is 0 Å². The molecule has 0 aliphatic heterocycles. The number of benzene rings is 1. The number of ether oxygens (including phenoxy) is 2. The average Bonchev–Trinajstić information content (AvgIpc) is 2.60. The van der Waals surface area contributed by atoms with Gasteiger partial charge < -0.3 is 19.9 Å². The summed E-state index contributed by atoms with van der Waals surface area (Å²) >= 11 is 0. The minimum absolute atomic E-state index is 0.00696. The molecule has 0 heterocycles. The van der Waals surface area contributed by atoms with Crippen LogP contribution in [0.2, 0.25) is 0 Å². The first-order valence-corrected chi connectivity index (χ1v) is 8.02. The fourth-order valence-electron chi connectivity index (χ4n) is 2.22. The van der Waals surface area contributed by atoms with Crippen molar-refractivity contribution in [3.63, 3.8) is 0 Å². The van der Waals surface area contributed by atoms with Crippen molar-refractivity contribution in [1.29, 1.82) is 0 Å². The van der Waals surface area contributed by atoms with E-state index in [0.29, 0.717) is 0 Å². The normalized spacial score (nSPS) is 12.6. The Hall–Kier alpha value is -3.04. The van der Waals surface area contributed by atoms with Crippen LogP contribution in [0.15, 0.2) is 18.2 Å². The number of hydrogen-bond acceptors (Lipinski definition) is 6. The summed E-state index contributed by atoms with van der Waals surface area (Å²) in [4.78, 5) is 47.5. The standard InChI is InChI=1S/C17H19F2NO7/c1-3-26-12(21)8-10(17(25)27-4-2)14(16(23)24)20-15(22)9-6-5-7-11(18)13(9)19/h5-7,10,14H,3-4,8H2,1-2H3,(H,20,22)(H,23,24)/t10-,14-/m1/s1. The Bertz CT molecular complexity index is 723. The lowest BCUT2D eigenvalue weighted by atomic mass is 9.95. The van der Waals surface area contributed by atoms with Crippen LogP contribution in [-0.2, 0) is 23.9 Å². The lowest BCUT2D eigenvalue weighted by Crippen LogP contribution is -2.50. The molecule has 2 atom stereocenters.